The number of amides is 1. The number of benzene rings is 2. The van der Waals surface area contributed by atoms with Crippen LogP contribution in [-0.2, 0) is 24.4 Å². The summed E-state index contributed by atoms with van der Waals surface area (Å²) in [6, 6.07) is 15.8. The normalized spacial score (nSPS) is 10.7. The van der Waals surface area contributed by atoms with Crippen LogP contribution in [0.2, 0.25) is 0 Å². The van der Waals surface area contributed by atoms with E-state index < -0.39 is 0 Å². The van der Waals surface area contributed by atoms with E-state index in [0.717, 1.165) is 16.7 Å². The summed E-state index contributed by atoms with van der Waals surface area (Å²) >= 11 is 0. The Morgan fingerprint density at radius 3 is 2.50 bits per heavy atom. The summed E-state index contributed by atoms with van der Waals surface area (Å²) in [5.41, 5.74) is 2.78. The molecule has 1 amide bonds. The van der Waals surface area contributed by atoms with E-state index in [1.165, 1.54) is 12.1 Å². The lowest BCUT2D eigenvalue weighted by molar-refractivity contribution is -0.121. The minimum atomic E-state index is -0.296. The van der Waals surface area contributed by atoms with Gasteiger partial charge in [-0.05, 0) is 47.4 Å². The van der Waals surface area contributed by atoms with Crippen molar-refractivity contribution in [2.45, 2.75) is 19.6 Å². The van der Waals surface area contributed by atoms with Gasteiger partial charge in [0.15, 0.2) is 11.5 Å². The SMILES string of the molecule is CNC(=O)CN(CCc1ccc(OCc2cccc(F)c2)c(OC)c1)Cc1ccc(OC)nc1. The van der Waals surface area contributed by atoms with Crippen LogP contribution in [0.5, 0.6) is 17.4 Å². The predicted octanol–water partition coefficient (Wildman–Crippen LogP) is 3.61. The molecule has 0 unspecified atom stereocenters. The fraction of sp³-hybridized carbons (Fsp3) is 0.308. The molecule has 0 aliphatic rings. The Morgan fingerprint density at radius 1 is 1.00 bits per heavy atom. The number of pyridine rings is 1. The number of nitrogens with zero attached hydrogens (tertiary/aromatic N) is 2. The van der Waals surface area contributed by atoms with Crippen molar-refractivity contribution in [3.05, 3.63) is 83.3 Å². The zero-order chi connectivity index (χ0) is 24.3. The van der Waals surface area contributed by atoms with Crippen LogP contribution in [0.3, 0.4) is 0 Å². The predicted molar refractivity (Wildman–Crippen MR) is 128 cm³/mol. The fourth-order valence-electron chi connectivity index (χ4n) is 3.44. The van der Waals surface area contributed by atoms with Crippen molar-refractivity contribution in [1.29, 1.82) is 0 Å². The van der Waals surface area contributed by atoms with E-state index in [2.05, 4.69) is 15.2 Å². The molecule has 7 nitrogen and oxygen atoms in total. The smallest absolute Gasteiger partial charge is 0.233 e. The van der Waals surface area contributed by atoms with Gasteiger partial charge in [-0.2, -0.15) is 0 Å². The molecule has 34 heavy (non-hydrogen) atoms. The topological polar surface area (TPSA) is 72.9 Å². The lowest BCUT2D eigenvalue weighted by atomic mass is 10.1. The van der Waals surface area contributed by atoms with Crippen molar-refractivity contribution in [3.8, 4) is 17.4 Å². The molecule has 1 heterocycles. The third-order valence-electron chi connectivity index (χ3n) is 5.29. The Balaban J connectivity index is 1.64. The van der Waals surface area contributed by atoms with Gasteiger partial charge in [-0.1, -0.05) is 24.3 Å². The first-order valence-corrected chi connectivity index (χ1v) is 11.0. The first kappa shape index (κ1) is 25.0. The molecule has 1 aromatic heterocycles. The van der Waals surface area contributed by atoms with Gasteiger partial charge >= 0.3 is 0 Å². The number of hydrogen-bond acceptors (Lipinski definition) is 6. The van der Waals surface area contributed by atoms with Gasteiger partial charge in [0.25, 0.3) is 0 Å². The molecule has 1 N–H and O–H groups in total. The van der Waals surface area contributed by atoms with Gasteiger partial charge in [-0.3, -0.25) is 9.69 Å². The van der Waals surface area contributed by atoms with Crippen molar-refractivity contribution in [3.63, 3.8) is 0 Å². The summed E-state index contributed by atoms with van der Waals surface area (Å²) in [7, 11) is 4.79. The van der Waals surface area contributed by atoms with Crippen LogP contribution in [0.25, 0.3) is 0 Å². The number of ether oxygens (including phenoxy) is 3. The molecule has 8 heteroatoms. The van der Waals surface area contributed by atoms with Crippen LogP contribution in [0.4, 0.5) is 4.39 Å². The summed E-state index contributed by atoms with van der Waals surface area (Å²) in [4.78, 5) is 18.3. The fourth-order valence-corrected chi connectivity index (χ4v) is 3.44. The molecule has 0 radical (unpaired) electrons. The molecule has 0 spiro atoms. The second-order valence-corrected chi connectivity index (χ2v) is 7.75. The average Bonchev–Trinajstić information content (AvgIpc) is 2.86. The Hall–Kier alpha value is -3.65. The highest BCUT2D eigenvalue weighted by Gasteiger charge is 2.13. The molecule has 3 aromatic rings. The monoisotopic (exact) mass is 467 g/mol. The lowest BCUT2D eigenvalue weighted by Crippen LogP contribution is -2.36. The van der Waals surface area contributed by atoms with Crippen molar-refractivity contribution >= 4 is 5.91 Å². The maximum absolute atomic E-state index is 13.4. The minimum Gasteiger partial charge on any atom is -0.493 e. The molecule has 0 fully saturated rings. The molecule has 0 saturated carbocycles. The number of methoxy groups -OCH3 is 2. The van der Waals surface area contributed by atoms with Crippen LogP contribution in [-0.4, -0.2) is 50.1 Å². The maximum atomic E-state index is 13.4. The van der Waals surface area contributed by atoms with Gasteiger partial charge in [-0.25, -0.2) is 9.37 Å². The molecular formula is C26H30FN3O4. The van der Waals surface area contributed by atoms with Crippen LogP contribution in [0, 0.1) is 5.82 Å². The number of aromatic nitrogens is 1. The number of hydrogen-bond donors (Lipinski definition) is 1. The summed E-state index contributed by atoms with van der Waals surface area (Å²) < 4.78 is 29.9. The number of carbonyl (C=O) groups is 1. The third-order valence-corrected chi connectivity index (χ3v) is 5.29. The molecular weight excluding hydrogens is 437 g/mol. The second-order valence-electron chi connectivity index (χ2n) is 7.75. The van der Waals surface area contributed by atoms with Crippen LogP contribution in [0.15, 0.2) is 60.8 Å². The Bertz CT molecular complexity index is 1080. The van der Waals surface area contributed by atoms with Crippen molar-refractivity contribution in [2.24, 2.45) is 0 Å². The zero-order valence-electron chi connectivity index (χ0n) is 19.7. The van der Waals surface area contributed by atoms with E-state index in [9.17, 15) is 9.18 Å². The molecule has 3 rings (SSSR count). The molecule has 0 aliphatic carbocycles. The van der Waals surface area contributed by atoms with Crippen molar-refractivity contribution < 1.29 is 23.4 Å². The first-order valence-electron chi connectivity index (χ1n) is 11.0. The third kappa shape index (κ3) is 7.45. The van der Waals surface area contributed by atoms with Gasteiger partial charge in [0.05, 0.1) is 20.8 Å². The van der Waals surface area contributed by atoms with Gasteiger partial charge in [0.2, 0.25) is 11.8 Å². The van der Waals surface area contributed by atoms with Gasteiger partial charge in [-0.15, -0.1) is 0 Å². The van der Waals surface area contributed by atoms with E-state index in [1.807, 2.05) is 30.3 Å². The number of nitrogens with one attached hydrogen (secondary N) is 1. The quantitative estimate of drug-likeness (QED) is 0.439. The summed E-state index contributed by atoms with van der Waals surface area (Å²) in [6.45, 7) is 1.75. The molecule has 180 valence electrons. The molecule has 0 saturated heterocycles. The van der Waals surface area contributed by atoms with E-state index >= 15 is 0 Å². The standard InChI is InChI=1S/C26H30FN3O4/c1-28-25(31)17-30(16-21-8-10-26(33-3)29-15-21)12-11-19-7-9-23(24(14-19)32-2)34-18-20-5-4-6-22(27)13-20/h4-10,13-15H,11-12,16-18H2,1-3H3,(H,28,31). The lowest BCUT2D eigenvalue weighted by Gasteiger charge is -2.22. The highest BCUT2D eigenvalue weighted by atomic mass is 19.1. The highest BCUT2D eigenvalue weighted by molar-refractivity contribution is 5.77. The van der Waals surface area contributed by atoms with Gasteiger partial charge < -0.3 is 19.5 Å². The Morgan fingerprint density at radius 2 is 1.82 bits per heavy atom. The molecule has 0 atom stereocenters. The summed E-state index contributed by atoms with van der Waals surface area (Å²) in [5.74, 6) is 1.39. The molecule has 2 aromatic carbocycles. The zero-order valence-corrected chi connectivity index (χ0v) is 19.7. The maximum Gasteiger partial charge on any atom is 0.233 e. The van der Waals surface area contributed by atoms with Gasteiger partial charge in [0.1, 0.15) is 12.4 Å². The van der Waals surface area contributed by atoms with E-state index in [0.29, 0.717) is 36.9 Å². The van der Waals surface area contributed by atoms with Gasteiger partial charge in [0, 0.05) is 32.4 Å². The Kier molecular flexibility index (Phi) is 9.22. The molecule has 0 bridgehead atoms. The highest BCUT2D eigenvalue weighted by Crippen LogP contribution is 2.29. The first-order chi connectivity index (χ1) is 16.5. The number of rotatable bonds is 12. The van der Waals surface area contributed by atoms with E-state index in [-0.39, 0.29) is 24.9 Å². The molecule has 0 aliphatic heterocycles. The number of halogens is 1. The number of carbonyl (C=O) groups excluding carboxylic acids is 1. The second kappa shape index (κ2) is 12.6. The Labute approximate surface area is 199 Å². The van der Waals surface area contributed by atoms with Crippen molar-refractivity contribution in [1.82, 2.24) is 15.2 Å². The minimum absolute atomic E-state index is 0.0554. The van der Waals surface area contributed by atoms with Crippen LogP contribution >= 0.6 is 0 Å². The van der Waals surface area contributed by atoms with E-state index in [4.69, 9.17) is 14.2 Å². The van der Waals surface area contributed by atoms with E-state index in [1.54, 1.807) is 39.6 Å². The number of likely N-dealkylation sites (N-methyl/N-ethyl adjacent to an activating group) is 1. The van der Waals surface area contributed by atoms with Crippen molar-refractivity contribution in [2.75, 3.05) is 34.4 Å². The van der Waals surface area contributed by atoms with Crippen LogP contribution in [0.1, 0.15) is 16.7 Å². The summed E-state index contributed by atoms with van der Waals surface area (Å²) in [5, 5.41) is 2.68. The summed E-state index contributed by atoms with van der Waals surface area (Å²) in [6.07, 6.45) is 2.46. The largest absolute Gasteiger partial charge is 0.493 e. The average molecular weight is 468 g/mol. The van der Waals surface area contributed by atoms with Crippen LogP contribution < -0.4 is 19.5 Å².